The van der Waals surface area contributed by atoms with Gasteiger partial charge >= 0.3 is 6.18 Å². The molecule has 3 aromatic rings. The fourth-order valence-electron chi connectivity index (χ4n) is 3.15. The topological polar surface area (TPSA) is 86.3 Å². The molecule has 0 spiro atoms. The van der Waals surface area contributed by atoms with Crippen molar-refractivity contribution in [3.8, 4) is 5.69 Å². The minimum atomic E-state index is -4.77. The highest BCUT2D eigenvalue weighted by molar-refractivity contribution is 5.95. The number of aromatic nitrogens is 4. The highest BCUT2D eigenvalue weighted by Crippen LogP contribution is 2.34. The molecule has 1 atom stereocenters. The Morgan fingerprint density at radius 2 is 2.00 bits per heavy atom. The summed E-state index contributed by atoms with van der Waals surface area (Å²) in [5.41, 5.74) is -1.43. The van der Waals surface area contributed by atoms with Gasteiger partial charge in [0, 0.05) is 13.5 Å². The summed E-state index contributed by atoms with van der Waals surface area (Å²) in [6.45, 7) is 1.89. The van der Waals surface area contributed by atoms with Crippen LogP contribution in [-0.4, -0.2) is 50.4 Å². The molecule has 8 nitrogen and oxygen atoms in total. The fourth-order valence-corrected chi connectivity index (χ4v) is 3.15. The molecule has 0 radical (unpaired) electrons. The number of hydrogen-bond donors (Lipinski definition) is 0. The number of aryl methyl sites for hydroxylation is 1. The van der Waals surface area contributed by atoms with E-state index in [-0.39, 0.29) is 31.2 Å². The third-order valence-electron chi connectivity index (χ3n) is 4.45. The molecule has 3 heterocycles. The predicted octanol–water partition coefficient (Wildman–Crippen LogP) is 2.80. The van der Waals surface area contributed by atoms with Gasteiger partial charge in [-0.05, 0) is 12.1 Å². The summed E-state index contributed by atoms with van der Waals surface area (Å²) in [6.07, 6.45) is -4.50. The lowest BCUT2D eigenvalue weighted by atomic mass is 10.1. The number of hydrogen-bond acceptors (Lipinski definition) is 6. The summed E-state index contributed by atoms with van der Waals surface area (Å²) in [7, 11) is 0. The first kappa shape index (κ1) is 19.1. The van der Waals surface area contributed by atoms with E-state index >= 15 is 0 Å². The largest absolute Gasteiger partial charge is 0.434 e. The molecule has 1 amide bonds. The van der Waals surface area contributed by atoms with Gasteiger partial charge in [0.05, 0.1) is 30.6 Å². The van der Waals surface area contributed by atoms with E-state index in [0.717, 1.165) is 10.9 Å². The molecule has 0 bridgehead atoms. The molecule has 0 unspecified atom stereocenters. The molecule has 1 aliphatic rings. The van der Waals surface area contributed by atoms with Crippen molar-refractivity contribution in [3.63, 3.8) is 0 Å². The number of morpholine rings is 1. The number of benzene rings is 1. The number of ether oxygens (including phenoxy) is 1. The Balaban J connectivity index is 1.65. The molecule has 29 heavy (non-hydrogen) atoms. The number of carbonyl (C=O) groups is 1. The summed E-state index contributed by atoms with van der Waals surface area (Å²) in [4.78, 5) is 18.3. The zero-order chi connectivity index (χ0) is 20.6. The van der Waals surface area contributed by atoms with Crippen LogP contribution in [0.1, 0.15) is 33.9 Å². The van der Waals surface area contributed by atoms with Gasteiger partial charge in [0.25, 0.3) is 5.91 Å². The number of rotatable bonds is 3. The lowest BCUT2D eigenvalue weighted by molar-refractivity contribution is -0.143. The SMILES string of the molecule is Cc1nc([C@H]2CN(C(=O)c3cnn(-c4ccccc4)c3C(F)(F)F)CCO2)no1. The van der Waals surface area contributed by atoms with Crippen LogP contribution >= 0.6 is 0 Å². The van der Waals surface area contributed by atoms with Crippen LogP contribution in [0.5, 0.6) is 0 Å². The van der Waals surface area contributed by atoms with E-state index in [1.165, 1.54) is 17.0 Å². The van der Waals surface area contributed by atoms with Crippen LogP contribution in [0.4, 0.5) is 13.2 Å². The molecular weight excluding hydrogens is 391 g/mol. The van der Waals surface area contributed by atoms with Crippen LogP contribution in [0, 0.1) is 6.92 Å². The fraction of sp³-hybridized carbons (Fsp3) is 0.333. The van der Waals surface area contributed by atoms with Gasteiger partial charge < -0.3 is 14.2 Å². The number of carbonyl (C=O) groups excluding carboxylic acids is 1. The number of alkyl halides is 3. The standard InChI is InChI=1S/C18H16F3N5O3/c1-11-23-16(24-29-11)14-10-25(7-8-28-14)17(27)13-9-22-26(15(13)18(19,20)21)12-5-3-2-4-6-12/h2-6,9,14H,7-8,10H2,1H3/t14-/m1/s1. The zero-order valence-corrected chi connectivity index (χ0v) is 15.3. The van der Waals surface area contributed by atoms with Crippen molar-refractivity contribution < 1.29 is 27.2 Å². The smallest absolute Gasteiger partial charge is 0.366 e. The molecule has 1 aromatic carbocycles. The average molecular weight is 407 g/mol. The van der Waals surface area contributed by atoms with Crippen LogP contribution in [0.25, 0.3) is 5.69 Å². The van der Waals surface area contributed by atoms with Crippen LogP contribution in [0.2, 0.25) is 0 Å². The Labute approximate surface area is 162 Å². The molecular formula is C18H16F3N5O3. The van der Waals surface area contributed by atoms with E-state index in [1.807, 2.05) is 0 Å². The highest BCUT2D eigenvalue weighted by Gasteiger charge is 2.42. The van der Waals surface area contributed by atoms with E-state index < -0.39 is 29.4 Å². The normalized spacial score (nSPS) is 17.5. The van der Waals surface area contributed by atoms with Gasteiger partial charge in [-0.15, -0.1) is 0 Å². The van der Waals surface area contributed by atoms with E-state index in [4.69, 9.17) is 9.26 Å². The van der Waals surface area contributed by atoms with Crippen molar-refractivity contribution in [3.05, 3.63) is 59.5 Å². The number of amides is 1. The van der Waals surface area contributed by atoms with Crippen molar-refractivity contribution in [2.45, 2.75) is 19.2 Å². The van der Waals surface area contributed by atoms with Crippen molar-refractivity contribution in [2.75, 3.05) is 19.7 Å². The molecule has 0 saturated carbocycles. The first-order valence-corrected chi connectivity index (χ1v) is 8.76. The van der Waals surface area contributed by atoms with Gasteiger partial charge in [-0.1, -0.05) is 23.4 Å². The van der Waals surface area contributed by atoms with Gasteiger partial charge in [-0.3, -0.25) is 4.79 Å². The third kappa shape index (κ3) is 3.73. The zero-order valence-electron chi connectivity index (χ0n) is 15.3. The first-order valence-electron chi connectivity index (χ1n) is 8.76. The highest BCUT2D eigenvalue weighted by atomic mass is 19.4. The molecule has 4 rings (SSSR count). The Morgan fingerprint density at radius 3 is 2.66 bits per heavy atom. The minimum absolute atomic E-state index is 0.00558. The van der Waals surface area contributed by atoms with Crippen LogP contribution in [0.3, 0.4) is 0 Å². The van der Waals surface area contributed by atoms with Crippen LogP contribution in [0.15, 0.2) is 41.1 Å². The van der Waals surface area contributed by atoms with E-state index in [9.17, 15) is 18.0 Å². The maximum absolute atomic E-state index is 13.8. The lowest BCUT2D eigenvalue weighted by Gasteiger charge is -2.31. The Morgan fingerprint density at radius 1 is 1.24 bits per heavy atom. The molecule has 1 aliphatic heterocycles. The van der Waals surface area contributed by atoms with Gasteiger partial charge in [0.15, 0.2) is 5.69 Å². The van der Waals surface area contributed by atoms with E-state index in [0.29, 0.717) is 5.89 Å². The molecule has 1 saturated heterocycles. The minimum Gasteiger partial charge on any atom is -0.366 e. The summed E-state index contributed by atoms with van der Waals surface area (Å²) in [6, 6.07) is 7.84. The number of halogens is 3. The Kier molecular flexibility index (Phi) is 4.82. The number of nitrogens with zero attached hydrogens (tertiary/aromatic N) is 5. The summed E-state index contributed by atoms with van der Waals surface area (Å²) >= 11 is 0. The molecule has 152 valence electrons. The molecule has 11 heteroatoms. The van der Waals surface area contributed by atoms with Gasteiger partial charge in [0.2, 0.25) is 11.7 Å². The maximum Gasteiger partial charge on any atom is 0.434 e. The van der Waals surface area contributed by atoms with E-state index in [2.05, 4.69) is 15.2 Å². The average Bonchev–Trinajstić information content (AvgIpc) is 3.35. The van der Waals surface area contributed by atoms with Crippen molar-refractivity contribution in [2.24, 2.45) is 0 Å². The quantitative estimate of drug-likeness (QED) is 0.664. The van der Waals surface area contributed by atoms with E-state index in [1.54, 1.807) is 25.1 Å². The molecule has 2 aromatic heterocycles. The van der Waals surface area contributed by atoms with Crippen molar-refractivity contribution in [1.82, 2.24) is 24.8 Å². The first-order chi connectivity index (χ1) is 13.8. The van der Waals surface area contributed by atoms with Crippen molar-refractivity contribution >= 4 is 5.91 Å². The monoisotopic (exact) mass is 407 g/mol. The second-order valence-corrected chi connectivity index (χ2v) is 6.43. The molecule has 1 fully saturated rings. The Bertz CT molecular complexity index is 1020. The van der Waals surface area contributed by atoms with Gasteiger partial charge in [-0.25, -0.2) is 4.68 Å². The third-order valence-corrected chi connectivity index (χ3v) is 4.45. The summed E-state index contributed by atoms with van der Waals surface area (Å²) in [5, 5.41) is 7.59. The van der Waals surface area contributed by atoms with Crippen molar-refractivity contribution in [1.29, 1.82) is 0 Å². The predicted molar refractivity (Wildman–Crippen MR) is 92.2 cm³/mol. The summed E-state index contributed by atoms with van der Waals surface area (Å²) < 4.78 is 52.6. The Hall–Kier alpha value is -3.21. The lowest BCUT2D eigenvalue weighted by Crippen LogP contribution is -2.43. The van der Waals surface area contributed by atoms with Gasteiger partial charge in [-0.2, -0.15) is 23.3 Å². The molecule has 0 N–H and O–H groups in total. The molecule has 0 aliphatic carbocycles. The second-order valence-electron chi connectivity index (χ2n) is 6.43. The second kappa shape index (κ2) is 7.32. The maximum atomic E-state index is 13.8. The van der Waals surface area contributed by atoms with Crippen LogP contribution in [-0.2, 0) is 10.9 Å². The summed E-state index contributed by atoms with van der Waals surface area (Å²) in [5.74, 6) is -0.209. The number of para-hydroxylation sites is 1. The van der Waals surface area contributed by atoms with Gasteiger partial charge in [0.1, 0.15) is 6.10 Å². The van der Waals surface area contributed by atoms with Crippen LogP contribution < -0.4 is 0 Å².